The van der Waals surface area contributed by atoms with Crippen LogP contribution in [0.15, 0.2) is 27.7 Å². The Balaban J connectivity index is 1.56. The third kappa shape index (κ3) is 7.86. The van der Waals surface area contributed by atoms with Crippen LogP contribution in [-0.4, -0.2) is 38.0 Å². The minimum atomic E-state index is -0.179. The Labute approximate surface area is 157 Å². The number of rotatable bonds is 9. The number of hydrogen-bond donors (Lipinski definition) is 3. The van der Waals surface area contributed by atoms with Crippen LogP contribution in [0.3, 0.4) is 0 Å². The van der Waals surface area contributed by atoms with Gasteiger partial charge in [0, 0.05) is 37.1 Å². The van der Waals surface area contributed by atoms with E-state index in [1.54, 1.807) is 13.1 Å². The van der Waals surface area contributed by atoms with Crippen molar-refractivity contribution in [3.8, 4) is 0 Å². The van der Waals surface area contributed by atoms with Crippen molar-refractivity contribution in [3.05, 3.63) is 34.1 Å². The molecule has 0 radical (unpaired) electrons. The van der Waals surface area contributed by atoms with E-state index in [-0.39, 0.29) is 11.7 Å². The molecule has 5 nitrogen and oxygen atoms in total. The fraction of sp³-hybridized carbons (Fsp3) is 0.556. The molecule has 0 atom stereocenters. The predicted molar refractivity (Wildman–Crippen MR) is 102 cm³/mol. The lowest BCUT2D eigenvalue weighted by Gasteiger charge is -2.12. The van der Waals surface area contributed by atoms with Crippen molar-refractivity contribution in [2.75, 3.05) is 20.1 Å². The zero-order valence-corrected chi connectivity index (χ0v) is 16.2. The summed E-state index contributed by atoms with van der Waals surface area (Å²) in [5, 5.41) is 9.37. The molecule has 0 saturated heterocycles. The molecule has 0 heterocycles. The van der Waals surface area contributed by atoms with Gasteiger partial charge in [-0.15, -0.1) is 0 Å². The second-order valence-electron chi connectivity index (χ2n) is 6.21. The van der Waals surface area contributed by atoms with Crippen molar-refractivity contribution in [1.29, 1.82) is 0 Å². The molecule has 1 aliphatic carbocycles. The largest absolute Gasteiger partial charge is 0.356 e. The molecule has 0 spiro atoms. The third-order valence-corrected chi connectivity index (χ3v) is 4.46. The SMILES string of the molecule is CN=C(NCCCC(=O)NC1CC1)NCCCc1ccc(Br)cc1F. The molecule has 0 aliphatic heterocycles. The number of nitrogens with one attached hydrogen (secondary N) is 3. The summed E-state index contributed by atoms with van der Waals surface area (Å²) in [5.41, 5.74) is 0.717. The topological polar surface area (TPSA) is 65.5 Å². The lowest BCUT2D eigenvalue weighted by molar-refractivity contribution is -0.121. The molecular weight excluding hydrogens is 387 g/mol. The average Bonchev–Trinajstić information content (AvgIpc) is 3.39. The van der Waals surface area contributed by atoms with E-state index in [1.165, 1.54) is 6.07 Å². The number of benzene rings is 1. The van der Waals surface area contributed by atoms with Gasteiger partial charge in [0.15, 0.2) is 5.96 Å². The van der Waals surface area contributed by atoms with Crippen LogP contribution in [0.1, 0.15) is 37.7 Å². The van der Waals surface area contributed by atoms with Gasteiger partial charge in [-0.25, -0.2) is 4.39 Å². The molecular formula is C18H26BrFN4O. The lowest BCUT2D eigenvalue weighted by atomic mass is 10.1. The van der Waals surface area contributed by atoms with Gasteiger partial charge >= 0.3 is 0 Å². The van der Waals surface area contributed by atoms with Gasteiger partial charge in [0.25, 0.3) is 0 Å². The van der Waals surface area contributed by atoms with Gasteiger partial charge in [-0.3, -0.25) is 9.79 Å². The monoisotopic (exact) mass is 412 g/mol. The number of carbonyl (C=O) groups is 1. The number of aliphatic imine (C=N–C) groups is 1. The van der Waals surface area contributed by atoms with E-state index in [0.717, 1.165) is 35.7 Å². The molecule has 0 aromatic heterocycles. The van der Waals surface area contributed by atoms with Crippen molar-refractivity contribution >= 4 is 27.8 Å². The summed E-state index contributed by atoms with van der Waals surface area (Å²) in [4.78, 5) is 15.7. The molecule has 1 saturated carbocycles. The first kappa shape index (κ1) is 19.7. The van der Waals surface area contributed by atoms with E-state index in [2.05, 4.69) is 36.9 Å². The summed E-state index contributed by atoms with van der Waals surface area (Å²) in [5.74, 6) is 0.656. The quantitative estimate of drug-likeness (QED) is 0.331. The standard InChI is InChI=1S/C18H26BrFN4O/c1-21-18(23-11-3-5-17(25)24-15-8-9-15)22-10-2-4-13-6-7-14(19)12-16(13)20/h6-7,12,15H,2-5,8-11H2,1H3,(H,24,25)(H2,21,22,23). The van der Waals surface area contributed by atoms with Crippen molar-refractivity contribution in [2.24, 2.45) is 4.99 Å². The molecule has 1 aromatic rings. The zero-order valence-electron chi connectivity index (χ0n) is 14.6. The Morgan fingerprint density at radius 3 is 2.64 bits per heavy atom. The second kappa shape index (κ2) is 10.4. The van der Waals surface area contributed by atoms with Crippen LogP contribution < -0.4 is 16.0 Å². The van der Waals surface area contributed by atoms with E-state index >= 15 is 0 Å². The summed E-state index contributed by atoms with van der Waals surface area (Å²) in [6.45, 7) is 1.40. The maximum atomic E-state index is 13.7. The molecule has 138 valence electrons. The highest BCUT2D eigenvalue weighted by Crippen LogP contribution is 2.18. The fourth-order valence-electron chi connectivity index (χ4n) is 2.41. The molecule has 1 aromatic carbocycles. The molecule has 25 heavy (non-hydrogen) atoms. The van der Waals surface area contributed by atoms with Gasteiger partial charge in [-0.05, 0) is 49.8 Å². The summed E-state index contributed by atoms with van der Waals surface area (Å²) in [6, 6.07) is 5.57. The van der Waals surface area contributed by atoms with Gasteiger partial charge in [-0.2, -0.15) is 0 Å². The third-order valence-electron chi connectivity index (χ3n) is 3.97. The van der Waals surface area contributed by atoms with E-state index < -0.39 is 0 Å². The molecule has 0 bridgehead atoms. The first-order valence-corrected chi connectivity index (χ1v) is 9.55. The lowest BCUT2D eigenvalue weighted by Crippen LogP contribution is -2.38. The van der Waals surface area contributed by atoms with Crippen LogP contribution in [0.2, 0.25) is 0 Å². The van der Waals surface area contributed by atoms with E-state index in [1.807, 2.05) is 6.07 Å². The normalized spacial score (nSPS) is 14.3. The van der Waals surface area contributed by atoms with E-state index in [0.29, 0.717) is 37.9 Å². The van der Waals surface area contributed by atoms with Gasteiger partial charge in [-0.1, -0.05) is 22.0 Å². The van der Waals surface area contributed by atoms with Crippen LogP contribution >= 0.6 is 15.9 Å². The Kier molecular flexibility index (Phi) is 8.18. The predicted octanol–water partition coefficient (Wildman–Crippen LogP) is 2.74. The Hall–Kier alpha value is -1.63. The molecule has 0 unspecified atom stereocenters. The number of aryl methyl sites for hydroxylation is 1. The number of halogens is 2. The fourth-order valence-corrected chi connectivity index (χ4v) is 2.75. The van der Waals surface area contributed by atoms with Crippen molar-refractivity contribution in [2.45, 2.75) is 44.6 Å². The van der Waals surface area contributed by atoms with Gasteiger partial charge < -0.3 is 16.0 Å². The van der Waals surface area contributed by atoms with Crippen LogP contribution in [0.4, 0.5) is 4.39 Å². The van der Waals surface area contributed by atoms with E-state index in [9.17, 15) is 9.18 Å². The minimum Gasteiger partial charge on any atom is -0.356 e. The molecule has 1 aliphatic rings. The minimum absolute atomic E-state index is 0.128. The second-order valence-corrected chi connectivity index (χ2v) is 7.13. The Morgan fingerprint density at radius 2 is 2.00 bits per heavy atom. The maximum Gasteiger partial charge on any atom is 0.220 e. The number of hydrogen-bond acceptors (Lipinski definition) is 2. The number of amides is 1. The van der Waals surface area contributed by atoms with Crippen LogP contribution in [0.5, 0.6) is 0 Å². The summed E-state index contributed by atoms with van der Waals surface area (Å²) in [6.07, 6.45) is 5.01. The number of nitrogens with zero attached hydrogens (tertiary/aromatic N) is 1. The smallest absolute Gasteiger partial charge is 0.220 e. The average molecular weight is 413 g/mol. The van der Waals surface area contributed by atoms with Crippen molar-refractivity contribution in [1.82, 2.24) is 16.0 Å². The van der Waals surface area contributed by atoms with Crippen LogP contribution in [0.25, 0.3) is 0 Å². The van der Waals surface area contributed by atoms with E-state index in [4.69, 9.17) is 0 Å². The first-order valence-electron chi connectivity index (χ1n) is 8.76. The molecule has 7 heteroatoms. The highest BCUT2D eigenvalue weighted by atomic mass is 79.9. The summed E-state index contributed by atoms with van der Waals surface area (Å²) < 4.78 is 14.5. The molecule has 3 N–H and O–H groups in total. The maximum absolute atomic E-state index is 13.7. The van der Waals surface area contributed by atoms with Gasteiger partial charge in [0.05, 0.1) is 0 Å². The highest BCUT2D eigenvalue weighted by Gasteiger charge is 2.22. The van der Waals surface area contributed by atoms with Crippen LogP contribution in [-0.2, 0) is 11.2 Å². The van der Waals surface area contributed by atoms with Crippen molar-refractivity contribution in [3.63, 3.8) is 0 Å². The van der Waals surface area contributed by atoms with Gasteiger partial charge in [0.2, 0.25) is 5.91 Å². The molecule has 2 rings (SSSR count). The first-order chi connectivity index (χ1) is 12.1. The van der Waals surface area contributed by atoms with Gasteiger partial charge in [0.1, 0.15) is 5.82 Å². The van der Waals surface area contributed by atoms with Crippen LogP contribution in [0, 0.1) is 5.82 Å². The summed E-state index contributed by atoms with van der Waals surface area (Å²) in [7, 11) is 1.71. The number of carbonyl (C=O) groups excluding carboxylic acids is 1. The Morgan fingerprint density at radius 1 is 1.28 bits per heavy atom. The highest BCUT2D eigenvalue weighted by molar-refractivity contribution is 9.10. The van der Waals surface area contributed by atoms with Crippen molar-refractivity contribution < 1.29 is 9.18 Å². The number of guanidine groups is 1. The molecule has 1 fully saturated rings. The zero-order chi connectivity index (χ0) is 18.1. The Bertz CT molecular complexity index is 605. The summed E-state index contributed by atoms with van der Waals surface area (Å²) >= 11 is 3.26. The molecule has 1 amide bonds.